The largest absolute Gasteiger partial charge is 0.497 e. The molecule has 9 heteroatoms. The molecule has 0 unspecified atom stereocenters. The number of rotatable bonds is 6. The summed E-state index contributed by atoms with van der Waals surface area (Å²) in [6, 6.07) is 20.2. The Hall–Kier alpha value is -3.56. The van der Waals surface area contributed by atoms with Crippen LogP contribution >= 0.6 is 0 Å². The van der Waals surface area contributed by atoms with Crippen LogP contribution in [0.1, 0.15) is 11.1 Å². The van der Waals surface area contributed by atoms with Crippen LogP contribution in [0.25, 0.3) is 22.5 Å². The van der Waals surface area contributed by atoms with Gasteiger partial charge in [-0.05, 0) is 47.0 Å². The van der Waals surface area contributed by atoms with Gasteiger partial charge in [0.25, 0.3) is 0 Å². The van der Waals surface area contributed by atoms with E-state index in [2.05, 4.69) is 15.4 Å². The Balaban J connectivity index is 1.78. The fourth-order valence-electron chi connectivity index (χ4n) is 3.28. The maximum Gasteiger partial charge on any atom is 0.238 e. The number of nitrogens with zero attached hydrogens (tertiary/aromatic N) is 4. The van der Waals surface area contributed by atoms with E-state index in [4.69, 9.17) is 9.88 Å². The zero-order chi connectivity index (χ0) is 22.0. The highest BCUT2D eigenvalue weighted by atomic mass is 32.2. The van der Waals surface area contributed by atoms with Crippen LogP contribution in [0.5, 0.6) is 5.75 Å². The summed E-state index contributed by atoms with van der Waals surface area (Å²) in [5.74, 6) is 0.939. The van der Waals surface area contributed by atoms with E-state index in [1.807, 2.05) is 61.5 Å². The third kappa shape index (κ3) is 4.47. The van der Waals surface area contributed by atoms with E-state index >= 15 is 0 Å². The van der Waals surface area contributed by atoms with E-state index in [-0.39, 0.29) is 10.7 Å². The summed E-state index contributed by atoms with van der Waals surface area (Å²) in [7, 11) is -2.40. The minimum Gasteiger partial charge on any atom is -0.497 e. The average molecular weight is 436 g/mol. The lowest BCUT2D eigenvalue weighted by Gasteiger charge is -2.11. The molecule has 0 aliphatic rings. The van der Waals surface area contributed by atoms with Crippen LogP contribution in [0.2, 0.25) is 0 Å². The van der Waals surface area contributed by atoms with Crippen molar-refractivity contribution >= 4 is 10.0 Å². The van der Waals surface area contributed by atoms with Crippen molar-refractivity contribution in [1.82, 2.24) is 20.2 Å². The fraction of sp³-hybridized carbons (Fsp3) is 0.136. The van der Waals surface area contributed by atoms with Gasteiger partial charge < -0.3 is 4.74 Å². The van der Waals surface area contributed by atoms with Gasteiger partial charge in [0.2, 0.25) is 15.8 Å². The van der Waals surface area contributed by atoms with Gasteiger partial charge in [0.15, 0.2) is 0 Å². The second-order valence-corrected chi connectivity index (χ2v) is 8.61. The average Bonchev–Trinajstić information content (AvgIpc) is 3.22. The molecule has 158 valence electrons. The van der Waals surface area contributed by atoms with Gasteiger partial charge in [-0.2, -0.15) is 4.80 Å². The molecule has 0 saturated heterocycles. The van der Waals surface area contributed by atoms with Crippen molar-refractivity contribution in [2.75, 3.05) is 7.11 Å². The lowest BCUT2D eigenvalue weighted by molar-refractivity contribution is 0.414. The number of aryl methyl sites for hydroxylation is 1. The van der Waals surface area contributed by atoms with Gasteiger partial charge in [-0.1, -0.05) is 54.1 Å². The molecular weight excluding hydrogens is 414 g/mol. The van der Waals surface area contributed by atoms with Gasteiger partial charge in [-0.25, -0.2) is 13.6 Å². The number of primary sulfonamides is 1. The van der Waals surface area contributed by atoms with E-state index in [1.54, 1.807) is 13.2 Å². The van der Waals surface area contributed by atoms with Crippen LogP contribution < -0.4 is 9.88 Å². The zero-order valence-corrected chi connectivity index (χ0v) is 17.9. The number of nitrogens with two attached hydrogens (primary N) is 1. The van der Waals surface area contributed by atoms with Crippen molar-refractivity contribution in [2.45, 2.75) is 18.4 Å². The standard InChI is InChI=1S/C22H21N5O3S/c1-15-6-10-17(11-7-15)19-4-3-5-20(31(23,28)29)21(19)22-24-26-27(25-22)14-16-8-12-18(30-2)13-9-16/h3-13H,14H2,1-2H3,(H2,23,28,29). The summed E-state index contributed by atoms with van der Waals surface area (Å²) in [4.78, 5) is 1.37. The highest BCUT2D eigenvalue weighted by molar-refractivity contribution is 7.89. The quantitative estimate of drug-likeness (QED) is 0.498. The van der Waals surface area contributed by atoms with Crippen molar-refractivity contribution in [3.63, 3.8) is 0 Å². The number of benzene rings is 3. The number of tetrazole rings is 1. The minimum absolute atomic E-state index is 0.0467. The molecule has 0 amide bonds. The molecule has 8 nitrogen and oxygen atoms in total. The molecular formula is C22H21N5O3S. The first kappa shape index (κ1) is 20.7. The summed E-state index contributed by atoms with van der Waals surface area (Å²) in [6.45, 7) is 2.35. The van der Waals surface area contributed by atoms with Crippen LogP contribution in [0.15, 0.2) is 71.6 Å². The molecule has 3 aromatic carbocycles. The Morgan fingerprint density at radius 3 is 2.35 bits per heavy atom. The Bertz CT molecular complexity index is 1310. The lowest BCUT2D eigenvalue weighted by atomic mass is 9.98. The molecule has 0 aliphatic carbocycles. The molecule has 0 saturated carbocycles. The van der Waals surface area contributed by atoms with Crippen LogP contribution in [-0.2, 0) is 16.6 Å². The first-order chi connectivity index (χ1) is 14.8. The van der Waals surface area contributed by atoms with Gasteiger partial charge >= 0.3 is 0 Å². The first-order valence-corrected chi connectivity index (χ1v) is 11.0. The Kier molecular flexibility index (Phi) is 5.53. The van der Waals surface area contributed by atoms with Gasteiger partial charge in [0.1, 0.15) is 5.75 Å². The molecule has 0 spiro atoms. The summed E-state index contributed by atoms with van der Waals surface area (Å²) in [5, 5.41) is 18.2. The van der Waals surface area contributed by atoms with E-state index in [9.17, 15) is 8.42 Å². The van der Waals surface area contributed by atoms with Crippen LogP contribution in [0.4, 0.5) is 0 Å². The van der Waals surface area contributed by atoms with Crippen molar-refractivity contribution in [2.24, 2.45) is 5.14 Å². The number of sulfonamides is 1. The summed E-state index contributed by atoms with van der Waals surface area (Å²) in [5.41, 5.74) is 3.86. The summed E-state index contributed by atoms with van der Waals surface area (Å²) >= 11 is 0. The van der Waals surface area contributed by atoms with Crippen LogP contribution in [0, 0.1) is 6.92 Å². The molecule has 4 rings (SSSR count). The number of ether oxygens (including phenoxy) is 1. The van der Waals surface area contributed by atoms with Crippen molar-refractivity contribution in [3.8, 4) is 28.3 Å². The lowest BCUT2D eigenvalue weighted by Crippen LogP contribution is -2.14. The maximum absolute atomic E-state index is 12.3. The predicted molar refractivity (Wildman–Crippen MR) is 117 cm³/mol. The van der Waals surface area contributed by atoms with Gasteiger partial charge in [0, 0.05) is 0 Å². The Morgan fingerprint density at radius 1 is 1.00 bits per heavy atom. The summed E-state index contributed by atoms with van der Waals surface area (Å²) < 4.78 is 29.8. The molecule has 0 radical (unpaired) electrons. The minimum atomic E-state index is -4.01. The van der Waals surface area contributed by atoms with Gasteiger partial charge in [-0.3, -0.25) is 0 Å². The number of methoxy groups -OCH3 is 1. The fourth-order valence-corrected chi connectivity index (χ4v) is 4.03. The third-order valence-corrected chi connectivity index (χ3v) is 5.81. The van der Waals surface area contributed by atoms with Gasteiger partial charge in [0.05, 0.1) is 24.1 Å². The highest BCUT2D eigenvalue weighted by Crippen LogP contribution is 2.35. The SMILES string of the molecule is COc1ccc(Cn2nnc(-c3c(-c4ccc(C)cc4)cccc3S(N)(=O)=O)n2)cc1. The normalized spacial score (nSPS) is 11.5. The Labute approximate surface area is 180 Å². The first-order valence-electron chi connectivity index (χ1n) is 9.49. The molecule has 31 heavy (non-hydrogen) atoms. The highest BCUT2D eigenvalue weighted by Gasteiger charge is 2.23. The van der Waals surface area contributed by atoms with E-state index in [1.165, 1.54) is 10.9 Å². The Morgan fingerprint density at radius 2 is 1.71 bits per heavy atom. The third-order valence-electron chi connectivity index (χ3n) is 4.85. The van der Waals surface area contributed by atoms with E-state index in [0.29, 0.717) is 17.7 Å². The van der Waals surface area contributed by atoms with Crippen LogP contribution in [0.3, 0.4) is 0 Å². The van der Waals surface area contributed by atoms with Crippen molar-refractivity contribution < 1.29 is 13.2 Å². The molecule has 2 N–H and O–H groups in total. The van der Waals surface area contributed by atoms with Crippen molar-refractivity contribution in [1.29, 1.82) is 0 Å². The molecule has 0 bridgehead atoms. The topological polar surface area (TPSA) is 113 Å². The van der Waals surface area contributed by atoms with E-state index in [0.717, 1.165) is 22.4 Å². The van der Waals surface area contributed by atoms with Crippen molar-refractivity contribution in [3.05, 3.63) is 77.9 Å². The molecule has 1 heterocycles. The second kappa shape index (κ2) is 8.29. The molecule has 0 aliphatic heterocycles. The molecule has 0 atom stereocenters. The predicted octanol–water partition coefficient (Wildman–Crippen LogP) is 3.02. The number of hydrogen-bond acceptors (Lipinski definition) is 6. The maximum atomic E-state index is 12.3. The number of hydrogen-bond donors (Lipinski definition) is 1. The smallest absolute Gasteiger partial charge is 0.238 e. The monoisotopic (exact) mass is 435 g/mol. The molecule has 0 fully saturated rings. The second-order valence-electron chi connectivity index (χ2n) is 7.08. The molecule has 4 aromatic rings. The molecule has 1 aromatic heterocycles. The van der Waals surface area contributed by atoms with Crippen LogP contribution in [-0.4, -0.2) is 35.7 Å². The van der Waals surface area contributed by atoms with E-state index < -0.39 is 10.0 Å². The van der Waals surface area contributed by atoms with Gasteiger partial charge in [-0.15, -0.1) is 10.2 Å². The summed E-state index contributed by atoms with van der Waals surface area (Å²) in [6.07, 6.45) is 0. The number of aromatic nitrogens is 4. The zero-order valence-electron chi connectivity index (χ0n) is 17.1.